The Bertz CT molecular complexity index is 1070. The molecule has 0 spiro atoms. The third-order valence-corrected chi connectivity index (χ3v) is 9.82. The number of allylic oxidation sites excluding steroid dienone is 5. The summed E-state index contributed by atoms with van der Waals surface area (Å²) in [5.74, 6) is -3.95. The van der Waals surface area contributed by atoms with E-state index in [1.54, 1.807) is 6.92 Å². The third kappa shape index (κ3) is 3.82. The first-order chi connectivity index (χ1) is 17.0. The Morgan fingerprint density at radius 3 is 2.08 bits per heavy atom. The molecular weight excluding hydrogens is 464 g/mol. The zero-order valence-electron chi connectivity index (χ0n) is 24.7. The number of carbonyl (C=O) groups is 3. The third-order valence-electron chi connectivity index (χ3n) is 9.82. The number of Topliss-reactive ketones (excluding diaryl/α,β-unsaturated/α-hetero) is 3. The predicted octanol–water partition coefficient (Wildman–Crippen LogP) is 6.69. The van der Waals surface area contributed by atoms with Gasteiger partial charge in [-0.05, 0) is 91.9 Å². The van der Waals surface area contributed by atoms with Crippen molar-refractivity contribution in [3.05, 3.63) is 34.9 Å². The van der Waals surface area contributed by atoms with E-state index in [9.17, 15) is 19.5 Å². The van der Waals surface area contributed by atoms with Crippen LogP contribution in [0.5, 0.6) is 0 Å². The van der Waals surface area contributed by atoms with Gasteiger partial charge in [0.15, 0.2) is 34.2 Å². The number of hydrogen-bond donors (Lipinski definition) is 1. The molecule has 0 aromatic rings. The Morgan fingerprint density at radius 1 is 1.00 bits per heavy atom. The summed E-state index contributed by atoms with van der Waals surface area (Å²) in [5, 5.41) is 12.6. The number of rotatable bonds is 10. The van der Waals surface area contributed by atoms with E-state index in [1.807, 2.05) is 68.4 Å². The predicted molar refractivity (Wildman–Crippen MR) is 147 cm³/mol. The molecule has 3 aliphatic rings. The minimum Gasteiger partial charge on any atom is -0.363 e. The van der Waals surface area contributed by atoms with E-state index in [2.05, 4.69) is 12.2 Å². The van der Waals surface area contributed by atoms with E-state index >= 15 is 0 Å². The van der Waals surface area contributed by atoms with Gasteiger partial charge in [-0.15, -0.1) is 0 Å². The minimum absolute atomic E-state index is 0.0448. The molecule has 2 aliphatic heterocycles. The van der Waals surface area contributed by atoms with Crippen molar-refractivity contribution in [2.24, 2.45) is 28.1 Å². The molecule has 1 saturated carbocycles. The van der Waals surface area contributed by atoms with E-state index < -0.39 is 39.3 Å². The lowest BCUT2D eigenvalue weighted by atomic mass is 9.36. The Labute approximate surface area is 223 Å². The summed E-state index contributed by atoms with van der Waals surface area (Å²) in [6, 6.07) is 0. The van der Waals surface area contributed by atoms with Gasteiger partial charge in [0, 0.05) is 12.3 Å². The smallest absolute Gasteiger partial charge is 0.200 e. The first-order valence-corrected chi connectivity index (χ1v) is 14.0. The zero-order valence-corrected chi connectivity index (χ0v) is 24.7. The van der Waals surface area contributed by atoms with Crippen molar-refractivity contribution in [1.29, 1.82) is 0 Å². The molecule has 5 heteroatoms. The molecule has 2 bridgehead atoms. The SMILES string of the molecule is CC[C@H](C)C(=O)C12C(=O)[C@]3(CC=C(C)C)O[C@@]1(O)C(C)(C[C@H](CC=C(C)C)[C@@]2(C)CCC=C(C)C)C3=O. The molecule has 2 saturated heterocycles. The molecule has 1 aliphatic carbocycles. The number of fused-ring (bicyclic) bond motifs is 1. The van der Waals surface area contributed by atoms with Gasteiger partial charge < -0.3 is 9.84 Å². The first-order valence-electron chi connectivity index (χ1n) is 14.0. The van der Waals surface area contributed by atoms with Crippen LogP contribution in [0.2, 0.25) is 0 Å². The highest BCUT2D eigenvalue weighted by atomic mass is 16.7. The molecule has 37 heavy (non-hydrogen) atoms. The zero-order chi connectivity index (χ0) is 28.2. The Hall–Kier alpha value is -1.85. The van der Waals surface area contributed by atoms with Gasteiger partial charge in [-0.2, -0.15) is 0 Å². The van der Waals surface area contributed by atoms with Crippen LogP contribution in [0.4, 0.5) is 0 Å². The van der Waals surface area contributed by atoms with Crippen LogP contribution >= 0.6 is 0 Å². The lowest BCUT2D eigenvalue weighted by Gasteiger charge is -2.64. The Balaban J connectivity index is 2.40. The van der Waals surface area contributed by atoms with Gasteiger partial charge >= 0.3 is 0 Å². The van der Waals surface area contributed by atoms with Crippen molar-refractivity contribution in [3.8, 4) is 0 Å². The van der Waals surface area contributed by atoms with Crippen LogP contribution in [0.15, 0.2) is 34.9 Å². The molecule has 0 radical (unpaired) electrons. The standard InChI is InChI=1S/C32H48O5/c1-11-23(8)25(33)31-27(35)30(18-16-22(6)7)26(34)29(10,32(31,36)37-30)19-24(15-14-21(4)5)28(31,9)17-12-13-20(2)3/h13-14,16,23-24,36H,11-12,15,17-19H2,1-10H3/t23-,24-,28+,29?,30+,31?,32-/m0/s1. The van der Waals surface area contributed by atoms with Crippen LogP contribution in [0, 0.1) is 28.1 Å². The fourth-order valence-corrected chi connectivity index (χ4v) is 7.47. The highest BCUT2D eigenvalue weighted by Crippen LogP contribution is 2.77. The van der Waals surface area contributed by atoms with Gasteiger partial charge in [0.1, 0.15) is 0 Å². The van der Waals surface area contributed by atoms with Crippen LogP contribution < -0.4 is 0 Å². The van der Waals surface area contributed by atoms with Crippen molar-refractivity contribution in [1.82, 2.24) is 0 Å². The van der Waals surface area contributed by atoms with Gasteiger partial charge in [-0.3, -0.25) is 14.4 Å². The van der Waals surface area contributed by atoms with E-state index in [-0.39, 0.29) is 23.9 Å². The molecule has 3 fully saturated rings. The van der Waals surface area contributed by atoms with Crippen molar-refractivity contribution in [3.63, 3.8) is 0 Å². The Kier molecular flexibility index (Phi) is 7.80. The summed E-state index contributed by atoms with van der Waals surface area (Å²) >= 11 is 0. The molecular formula is C32H48O5. The van der Waals surface area contributed by atoms with Crippen LogP contribution in [0.3, 0.4) is 0 Å². The van der Waals surface area contributed by atoms with Gasteiger partial charge in [-0.25, -0.2) is 0 Å². The van der Waals surface area contributed by atoms with Crippen molar-refractivity contribution in [2.75, 3.05) is 0 Å². The van der Waals surface area contributed by atoms with Crippen molar-refractivity contribution < 1.29 is 24.2 Å². The molecule has 0 aromatic heterocycles. The summed E-state index contributed by atoms with van der Waals surface area (Å²) in [5.41, 5.74) is -2.64. The number of aliphatic hydroxyl groups is 1. The summed E-state index contributed by atoms with van der Waals surface area (Å²) in [7, 11) is 0. The Morgan fingerprint density at radius 2 is 1.57 bits per heavy atom. The molecule has 206 valence electrons. The van der Waals surface area contributed by atoms with Crippen LogP contribution in [0.1, 0.15) is 108 Å². The number of hydrogen-bond acceptors (Lipinski definition) is 5. The van der Waals surface area contributed by atoms with Crippen molar-refractivity contribution in [2.45, 2.75) is 119 Å². The number of ether oxygens (including phenoxy) is 1. The van der Waals surface area contributed by atoms with E-state index in [4.69, 9.17) is 4.74 Å². The van der Waals surface area contributed by atoms with Crippen LogP contribution in [0.25, 0.3) is 0 Å². The van der Waals surface area contributed by atoms with Crippen LogP contribution in [-0.4, -0.2) is 33.8 Å². The quantitative estimate of drug-likeness (QED) is 0.261. The summed E-state index contributed by atoms with van der Waals surface area (Å²) in [6.45, 7) is 19.4. The highest BCUT2D eigenvalue weighted by Gasteiger charge is 2.93. The second-order valence-corrected chi connectivity index (χ2v) is 13.1. The minimum atomic E-state index is -2.18. The second-order valence-electron chi connectivity index (χ2n) is 13.1. The van der Waals surface area contributed by atoms with E-state index in [1.165, 1.54) is 0 Å². The lowest BCUT2D eigenvalue weighted by molar-refractivity contribution is -0.314. The maximum Gasteiger partial charge on any atom is 0.200 e. The average Bonchev–Trinajstić information content (AvgIpc) is 3.13. The molecule has 2 heterocycles. The van der Waals surface area contributed by atoms with Crippen molar-refractivity contribution >= 4 is 17.3 Å². The van der Waals surface area contributed by atoms with Gasteiger partial charge in [0.05, 0.1) is 5.41 Å². The maximum absolute atomic E-state index is 14.9. The maximum atomic E-state index is 14.9. The summed E-state index contributed by atoms with van der Waals surface area (Å²) in [6.07, 6.45) is 8.91. The average molecular weight is 513 g/mol. The van der Waals surface area contributed by atoms with E-state index in [0.717, 1.165) is 16.7 Å². The highest BCUT2D eigenvalue weighted by molar-refractivity contribution is 6.28. The number of ketones is 3. The first kappa shape index (κ1) is 29.7. The molecule has 2 unspecified atom stereocenters. The summed E-state index contributed by atoms with van der Waals surface area (Å²) < 4.78 is 6.37. The monoisotopic (exact) mass is 512 g/mol. The van der Waals surface area contributed by atoms with E-state index in [0.29, 0.717) is 32.1 Å². The molecule has 0 amide bonds. The molecule has 7 atom stereocenters. The fraction of sp³-hybridized carbons (Fsp3) is 0.719. The van der Waals surface area contributed by atoms with Gasteiger partial charge in [0.25, 0.3) is 0 Å². The lowest BCUT2D eigenvalue weighted by Crippen LogP contribution is -2.78. The fourth-order valence-electron chi connectivity index (χ4n) is 7.47. The topological polar surface area (TPSA) is 80.7 Å². The summed E-state index contributed by atoms with van der Waals surface area (Å²) in [4.78, 5) is 43.7. The normalized spacial score (nSPS) is 38.8. The second kappa shape index (κ2) is 9.72. The van der Waals surface area contributed by atoms with Gasteiger partial charge in [0.2, 0.25) is 0 Å². The largest absolute Gasteiger partial charge is 0.363 e. The number of carbonyl (C=O) groups excluding carboxylic acids is 3. The van der Waals surface area contributed by atoms with Gasteiger partial charge in [-0.1, -0.05) is 55.7 Å². The molecule has 1 N–H and O–H groups in total. The van der Waals surface area contributed by atoms with Crippen LogP contribution in [-0.2, 0) is 19.1 Å². The molecule has 3 rings (SSSR count). The molecule has 5 nitrogen and oxygen atoms in total. The molecule has 0 aromatic carbocycles.